The van der Waals surface area contributed by atoms with E-state index >= 15 is 0 Å². The molecule has 1 saturated heterocycles. The molecule has 2 heterocycles. The quantitative estimate of drug-likeness (QED) is 0.658. The number of nitrogens with zero attached hydrogens (tertiary/aromatic N) is 2. The minimum atomic E-state index is -0.169. The van der Waals surface area contributed by atoms with E-state index in [1.807, 2.05) is 59.4 Å². The molecule has 2 aromatic carbocycles. The smallest absolute Gasteiger partial charge is 0.255 e. The number of nitrogens with one attached hydrogen (secondary N) is 1. The second-order valence-electron chi connectivity index (χ2n) is 7.15. The average Bonchev–Trinajstić information content (AvgIpc) is 3.27. The minimum absolute atomic E-state index is 0.117. The van der Waals surface area contributed by atoms with Crippen LogP contribution < -0.4 is 10.1 Å². The van der Waals surface area contributed by atoms with Crippen LogP contribution in [0.2, 0.25) is 0 Å². The van der Waals surface area contributed by atoms with Gasteiger partial charge in [0, 0.05) is 24.6 Å². The first-order chi connectivity index (χ1) is 14.3. The van der Waals surface area contributed by atoms with Gasteiger partial charge in [0.2, 0.25) is 0 Å². The van der Waals surface area contributed by atoms with Crippen LogP contribution in [0, 0.1) is 0 Å². The fraction of sp³-hybridized carbons (Fsp3) is 0.304. The summed E-state index contributed by atoms with van der Waals surface area (Å²) in [6, 6.07) is 16.9. The Bertz CT molecular complexity index is 934. The summed E-state index contributed by atoms with van der Waals surface area (Å²) in [5, 5.41) is 7.19. The molecular formula is C23H25N3O3. The summed E-state index contributed by atoms with van der Waals surface area (Å²) in [5.41, 5.74) is 2.27. The Morgan fingerprint density at radius 2 is 2.10 bits per heavy atom. The van der Waals surface area contributed by atoms with Gasteiger partial charge in [-0.1, -0.05) is 24.3 Å². The van der Waals surface area contributed by atoms with Crippen molar-refractivity contribution in [3.63, 3.8) is 0 Å². The van der Waals surface area contributed by atoms with Gasteiger partial charge in [-0.15, -0.1) is 0 Å². The third-order valence-electron chi connectivity index (χ3n) is 4.93. The number of carbonyl (C=O) groups is 1. The van der Waals surface area contributed by atoms with Crippen LogP contribution >= 0.6 is 0 Å². The van der Waals surface area contributed by atoms with Crippen molar-refractivity contribution >= 4 is 11.6 Å². The van der Waals surface area contributed by atoms with Crippen molar-refractivity contribution < 1.29 is 14.3 Å². The van der Waals surface area contributed by atoms with Crippen molar-refractivity contribution in [2.24, 2.45) is 0 Å². The van der Waals surface area contributed by atoms with E-state index in [1.165, 1.54) is 6.42 Å². The molecule has 0 aliphatic carbocycles. The zero-order chi connectivity index (χ0) is 19.9. The third kappa shape index (κ3) is 5.23. The Morgan fingerprint density at radius 3 is 2.93 bits per heavy atom. The molecule has 150 valence electrons. The Balaban J connectivity index is 1.41. The van der Waals surface area contributed by atoms with Crippen LogP contribution in [0.15, 0.2) is 67.0 Å². The monoisotopic (exact) mass is 391 g/mol. The van der Waals surface area contributed by atoms with E-state index < -0.39 is 0 Å². The van der Waals surface area contributed by atoms with Crippen molar-refractivity contribution in [2.75, 3.05) is 18.5 Å². The number of hydrogen-bond acceptors (Lipinski definition) is 4. The number of ether oxygens (including phenoxy) is 2. The van der Waals surface area contributed by atoms with E-state index in [4.69, 9.17) is 9.47 Å². The molecular weight excluding hydrogens is 366 g/mol. The molecule has 1 amide bonds. The summed E-state index contributed by atoms with van der Waals surface area (Å²) in [7, 11) is 0. The highest BCUT2D eigenvalue weighted by Crippen LogP contribution is 2.25. The van der Waals surface area contributed by atoms with Crippen LogP contribution in [0.25, 0.3) is 0 Å². The molecule has 1 fully saturated rings. The Morgan fingerprint density at radius 1 is 1.17 bits per heavy atom. The fourth-order valence-electron chi connectivity index (χ4n) is 3.40. The molecule has 1 aliphatic rings. The molecule has 0 bridgehead atoms. The molecule has 0 spiro atoms. The van der Waals surface area contributed by atoms with Crippen LogP contribution in [0.1, 0.15) is 35.2 Å². The van der Waals surface area contributed by atoms with Crippen LogP contribution in [0.5, 0.6) is 5.75 Å². The summed E-state index contributed by atoms with van der Waals surface area (Å²) >= 11 is 0. The Hall–Kier alpha value is -3.12. The second-order valence-corrected chi connectivity index (χ2v) is 7.15. The lowest BCUT2D eigenvalue weighted by Crippen LogP contribution is -2.26. The topological polar surface area (TPSA) is 65.4 Å². The SMILES string of the molecule is O=C(Nc1ccccc1OC[C@@H]1CCCCO1)c1cccc(Cn2cccn2)c1. The van der Waals surface area contributed by atoms with Crippen molar-refractivity contribution in [1.29, 1.82) is 0 Å². The van der Waals surface area contributed by atoms with Crippen molar-refractivity contribution in [1.82, 2.24) is 9.78 Å². The van der Waals surface area contributed by atoms with Crippen LogP contribution in [0.3, 0.4) is 0 Å². The van der Waals surface area contributed by atoms with Gasteiger partial charge in [0.15, 0.2) is 0 Å². The van der Waals surface area contributed by atoms with E-state index in [0.717, 1.165) is 25.0 Å². The van der Waals surface area contributed by atoms with Crippen molar-refractivity contribution in [2.45, 2.75) is 31.9 Å². The van der Waals surface area contributed by atoms with Gasteiger partial charge in [-0.25, -0.2) is 0 Å². The number of benzene rings is 2. The highest BCUT2D eigenvalue weighted by molar-refractivity contribution is 6.05. The van der Waals surface area contributed by atoms with Gasteiger partial charge in [0.1, 0.15) is 12.4 Å². The highest BCUT2D eigenvalue weighted by Gasteiger charge is 2.16. The van der Waals surface area contributed by atoms with Gasteiger partial charge in [-0.2, -0.15) is 5.10 Å². The number of para-hydroxylation sites is 2. The van der Waals surface area contributed by atoms with E-state index in [2.05, 4.69) is 10.4 Å². The normalized spacial score (nSPS) is 16.3. The van der Waals surface area contributed by atoms with Gasteiger partial charge < -0.3 is 14.8 Å². The number of rotatable bonds is 7. The molecule has 0 unspecified atom stereocenters. The van der Waals surface area contributed by atoms with Gasteiger partial charge in [-0.05, 0) is 55.2 Å². The zero-order valence-corrected chi connectivity index (χ0v) is 16.3. The van der Waals surface area contributed by atoms with Gasteiger partial charge >= 0.3 is 0 Å². The first-order valence-electron chi connectivity index (χ1n) is 9.99. The maximum absolute atomic E-state index is 12.8. The lowest BCUT2D eigenvalue weighted by molar-refractivity contribution is -0.0109. The molecule has 0 radical (unpaired) electrons. The minimum Gasteiger partial charge on any atom is -0.489 e. The van der Waals surface area contributed by atoms with E-state index in [9.17, 15) is 4.79 Å². The fourth-order valence-corrected chi connectivity index (χ4v) is 3.40. The predicted molar refractivity (Wildman–Crippen MR) is 111 cm³/mol. The van der Waals surface area contributed by atoms with E-state index in [1.54, 1.807) is 12.3 Å². The maximum atomic E-state index is 12.8. The van der Waals surface area contributed by atoms with Gasteiger partial charge in [-0.3, -0.25) is 9.48 Å². The average molecular weight is 391 g/mol. The lowest BCUT2D eigenvalue weighted by atomic mass is 10.1. The van der Waals surface area contributed by atoms with E-state index in [0.29, 0.717) is 30.2 Å². The summed E-state index contributed by atoms with van der Waals surface area (Å²) in [6.45, 7) is 1.91. The predicted octanol–water partition coefficient (Wildman–Crippen LogP) is 4.13. The molecule has 3 aromatic rings. The number of carbonyl (C=O) groups excluding carboxylic acids is 1. The first kappa shape index (κ1) is 19.2. The number of hydrogen-bond donors (Lipinski definition) is 1. The Labute approximate surface area is 170 Å². The standard InChI is InChI=1S/C23H25N3O3/c27-23(19-8-5-7-18(15-19)16-26-13-6-12-24-26)25-21-10-1-2-11-22(21)29-17-20-9-3-4-14-28-20/h1-2,5-8,10-13,15,20H,3-4,9,14,16-17H2,(H,25,27)/t20-/m0/s1. The van der Waals surface area contributed by atoms with Crippen molar-refractivity contribution in [3.8, 4) is 5.75 Å². The lowest BCUT2D eigenvalue weighted by Gasteiger charge is -2.23. The molecule has 0 saturated carbocycles. The molecule has 6 heteroatoms. The second kappa shape index (κ2) is 9.39. The van der Waals surface area contributed by atoms with Crippen LogP contribution in [-0.2, 0) is 11.3 Å². The third-order valence-corrected chi connectivity index (χ3v) is 4.93. The summed E-state index contributed by atoms with van der Waals surface area (Å²) in [5.74, 6) is 0.486. The molecule has 1 N–H and O–H groups in total. The van der Waals surface area contributed by atoms with Gasteiger partial charge in [0.05, 0.1) is 18.3 Å². The zero-order valence-electron chi connectivity index (χ0n) is 16.3. The molecule has 1 aromatic heterocycles. The van der Waals surface area contributed by atoms with Crippen LogP contribution in [-0.4, -0.2) is 35.0 Å². The number of anilines is 1. The number of amides is 1. The summed E-state index contributed by atoms with van der Waals surface area (Å²) < 4.78 is 13.5. The molecule has 6 nitrogen and oxygen atoms in total. The molecule has 1 atom stereocenters. The largest absolute Gasteiger partial charge is 0.489 e. The molecule has 1 aliphatic heterocycles. The first-order valence-corrected chi connectivity index (χ1v) is 9.99. The van der Waals surface area contributed by atoms with Crippen LogP contribution in [0.4, 0.5) is 5.69 Å². The summed E-state index contributed by atoms with van der Waals surface area (Å²) in [4.78, 5) is 12.8. The van der Waals surface area contributed by atoms with E-state index in [-0.39, 0.29) is 12.0 Å². The number of aromatic nitrogens is 2. The highest BCUT2D eigenvalue weighted by atomic mass is 16.5. The van der Waals surface area contributed by atoms with Gasteiger partial charge in [0.25, 0.3) is 5.91 Å². The summed E-state index contributed by atoms with van der Waals surface area (Å²) in [6.07, 6.45) is 7.05. The molecule has 4 rings (SSSR count). The maximum Gasteiger partial charge on any atom is 0.255 e. The Kier molecular flexibility index (Phi) is 6.22. The van der Waals surface area contributed by atoms with Crippen molar-refractivity contribution in [3.05, 3.63) is 78.1 Å². The molecule has 29 heavy (non-hydrogen) atoms.